The van der Waals surface area contributed by atoms with Gasteiger partial charge >= 0.3 is 13.3 Å². The lowest BCUT2D eigenvalue weighted by Gasteiger charge is -2.12. The Balaban J connectivity index is 1.88. The van der Waals surface area contributed by atoms with Crippen molar-refractivity contribution in [3.63, 3.8) is 0 Å². The van der Waals surface area contributed by atoms with E-state index in [-0.39, 0.29) is 37.0 Å². The first-order chi connectivity index (χ1) is 16.3. The lowest BCUT2D eigenvalue weighted by molar-refractivity contribution is 0.272. The number of hydrogen-bond acceptors (Lipinski definition) is 6. The van der Waals surface area contributed by atoms with Crippen molar-refractivity contribution in [2.45, 2.75) is 45.7 Å². The van der Waals surface area contributed by atoms with Gasteiger partial charge in [-0.05, 0) is 37.8 Å². The third-order valence-electron chi connectivity index (χ3n) is 5.39. The summed E-state index contributed by atoms with van der Waals surface area (Å²) in [7, 11) is -2.04. The Labute approximate surface area is 197 Å². The number of fused-ring (bicyclic) bond motifs is 1. The van der Waals surface area contributed by atoms with E-state index < -0.39 is 18.8 Å². The summed E-state index contributed by atoms with van der Waals surface area (Å²) in [4.78, 5) is 43.2. The van der Waals surface area contributed by atoms with Gasteiger partial charge in [-0.2, -0.15) is 0 Å². The Kier molecular flexibility index (Phi) is 8.51. The maximum Gasteiger partial charge on any atom is 0.333 e. The number of hydrogen-bond donors (Lipinski definition) is 2. The number of unbranched alkanes of at least 4 members (excludes halogenated alkanes) is 1. The highest BCUT2D eigenvalue weighted by Gasteiger charge is 2.19. The minimum Gasteiger partial charge on any atom is -0.496 e. The first kappa shape index (κ1) is 25.5. The zero-order valence-corrected chi connectivity index (χ0v) is 20.2. The molecular formula is C23H29N4O6P. The van der Waals surface area contributed by atoms with Crippen LogP contribution in [0.1, 0.15) is 31.2 Å². The number of rotatable bonds is 12. The zero-order chi connectivity index (χ0) is 24.7. The zero-order valence-electron chi connectivity index (χ0n) is 19.3. The molecule has 1 unspecified atom stereocenters. The quantitative estimate of drug-likeness (QED) is 0.227. The lowest BCUT2D eigenvalue weighted by atomic mass is 10.1. The van der Waals surface area contributed by atoms with Crippen molar-refractivity contribution in [2.75, 3.05) is 19.9 Å². The highest BCUT2D eigenvalue weighted by molar-refractivity contribution is 7.52. The van der Waals surface area contributed by atoms with E-state index in [4.69, 9.17) is 15.7 Å². The monoisotopic (exact) mass is 488 g/mol. The molecule has 2 heterocycles. The van der Waals surface area contributed by atoms with Crippen LogP contribution in [0.5, 0.6) is 5.75 Å². The Hall–Kier alpha value is -3.12. The predicted molar refractivity (Wildman–Crippen MR) is 129 cm³/mol. The van der Waals surface area contributed by atoms with Crippen LogP contribution in [0.3, 0.4) is 0 Å². The Morgan fingerprint density at radius 2 is 1.97 bits per heavy atom. The molecule has 3 rings (SSSR count). The van der Waals surface area contributed by atoms with Gasteiger partial charge < -0.3 is 19.1 Å². The standard InChI is InChI=1S/C23H29N4O6P/c1-4-14-27-22(28)20-21(26(23(27)29)15-8-9-16-34(30,31)33-5-2)25-19(24-20)13-12-17-10-6-7-11-18(17)32-3/h1,6-7,10-11H,5,8-9,12-16H2,2-3H3,(H,24,25)(H,30,31). The largest absolute Gasteiger partial charge is 0.496 e. The van der Waals surface area contributed by atoms with E-state index in [1.165, 1.54) is 4.57 Å². The van der Waals surface area contributed by atoms with Gasteiger partial charge in [0.25, 0.3) is 5.56 Å². The molecule has 1 aromatic carbocycles. The average molecular weight is 488 g/mol. The maximum atomic E-state index is 13.0. The van der Waals surface area contributed by atoms with E-state index >= 15 is 0 Å². The molecule has 1 atom stereocenters. The normalized spacial score (nSPS) is 13.0. The predicted octanol–water partition coefficient (Wildman–Crippen LogP) is 2.32. The second kappa shape index (κ2) is 11.3. The number of aryl methyl sites for hydroxylation is 3. The Morgan fingerprint density at radius 3 is 2.68 bits per heavy atom. The van der Waals surface area contributed by atoms with Crippen molar-refractivity contribution in [3.8, 4) is 18.1 Å². The van der Waals surface area contributed by atoms with Crippen molar-refractivity contribution in [1.29, 1.82) is 0 Å². The van der Waals surface area contributed by atoms with Crippen LogP contribution in [-0.4, -0.2) is 43.9 Å². The fourth-order valence-electron chi connectivity index (χ4n) is 3.78. The molecule has 0 bridgehead atoms. The van der Waals surface area contributed by atoms with Crippen LogP contribution in [0.15, 0.2) is 33.9 Å². The van der Waals surface area contributed by atoms with Gasteiger partial charge in [-0.15, -0.1) is 6.42 Å². The summed E-state index contributed by atoms with van der Waals surface area (Å²) in [6.07, 6.45) is 7.25. The number of ether oxygens (including phenoxy) is 1. The van der Waals surface area contributed by atoms with Gasteiger partial charge in [0, 0.05) is 13.0 Å². The molecule has 0 aliphatic heterocycles. The van der Waals surface area contributed by atoms with Crippen LogP contribution in [0.4, 0.5) is 0 Å². The molecule has 0 saturated heterocycles. The van der Waals surface area contributed by atoms with Gasteiger partial charge in [-0.1, -0.05) is 24.1 Å². The number of imidazole rings is 1. The van der Waals surface area contributed by atoms with Gasteiger partial charge in [0.15, 0.2) is 5.65 Å². The van der Waals surface area contributed by atoms with Crippen molar-refractivity contribution in [1.82, 2.24) is 19.1 Å². The van der Waals surface area contributed by atoms with Crippen molar-refractivity contribution >= 4 is 18.8 Å². The molecule has 0 amide bonds. The lowest BCUT2D eigenvalue weighted by Crippen LogP contribution is -2.40. The summed E-state index contributed by atoms with van der Waals surface area (Å²) >= 11 is 0. The van der Waals surface area contributed by atoms with Gasteiger partial charge in [0.2, 0.25) is 0 Å². The van der Waals surface area contributed by atoms with Gasteiger partial charge in [-0.25, -0.2) is 14.3 Å². The summed E-state index contributed by atoms with van der Waals surface area (Å²) in [5, 5.41) is 0. The number of methoxy groups -OCH3 is 1. The van der Waals surface area contributed by atoms with Crippen LogP contribution in [0.2, 0.25) is 0 Å². The Morgan fingerprint density at radius 1 is 1.21 bits per heavy atom. The number of aromatic nitrogens is 4. The minimum absolute atomic E-state index is 0.0204. The molecule has 2 N–H and O–H groups in total. The number of aromatic amines is 1. The number of terminal acetylenes is 1. The summed E-state index contributed by atoms with van der Waals surface area (Å²) in [6, 6.07) is 7.64. The van der Waals surface area contributed by atoms with Crippen LogP contribution < -0.4 is 16.0 Å². The minimum atomic E-state index is -3.64. The highest BCUT2D eigenvalue weighted by atomic mass is 31.2. The first-order valence-corrected chi connectivity index (χ1v) is 12.8. The van der Waals surface area contributed by atoms with Crippen LogP contribution in [0, 0.1) is 12.3 Å². The maximum absolute atomic E-state index is 13.0. The van der Waals surface area contributed by atoms with E-state index in [0.717, 1.165) is 15.9 Å². The van der Waals surface area contributed by atoms with Crippen LogP contribution >= 0.6 is 7.60 Å². The highest BCUT2D eigenvalue weighted by Crippen LogP contribution is 2.42. The molecule has 0 aliphatic carbocycles. The molecule has 3 aromatic rings. The SMILES string of the molecule is C#CCn1c(=O)c2[nH]c(CCc3ccccc3OC)nc2n(CCCCP(=O)(O)OCC)c1=O. The number of H-pyrrole nitrogens is 1. The smallest absolute Gasteiger partial charge is 0.333 e. The molecule has 182 valence electrons. The fraction of sp³-hybridized carbons (Fsp3) is 0.435. The molecule has 10 nitrogen and oxygen atoms in total. The van der Waals surface area contributed by atoms with E-state index in [2.05, 4.69) is 15.9 Å². The van der Waals surface area contributed by atoms with Gasteiger partial charge in [-0.3, -0.25) is 13.9 Å². The summed E-state index contributed by atoms with van der Waals surface area (Å²) < 4.78 is 24.5. The molecule has 0 aliphatic rings. The molecule has 0 saturated carbocycles. The third kappa shape index (κ3) is 5.86. The van der Waals surface area contributed by atoms with E-state index in [0.29, 0.717) is 31.5 Å². The molecule has 34 heavy (non-hydrogen) atoms. The Bertz CT molecular complexity index is 1350. The van der Waals surface area contributed by atoms with Crippen molar-refractivity contribution < 1.29 is 18.7 Å². The van der Waals surface area contributed by atoms with E-state index in [1.54, 1.807) is 14.0 Å². The van der Waals surface area contributed by atoms with Crippen molar-refractivity contribution in [3.05, 3.63) is 56.5 Å². The second-order valence-corrected chi connectivity index (χ2v) is 9.69. The second-order valence-electron chi connectivity index (χ2n) is 7.71. The summed E-state index contributed by atoms with van der Waals surface area (Å²) in [5.74, 6) is 3.66. The number of nitrogens with zero attached hydrogens (tertiary/aromatic N) is 3. The number of para-hydroxylation sites is 1. The van der Waals surface area contributed by atoms with Crippen LogP contribution in [-0.2, 0) is 35.0 Å². The van der Waals surface area contributed by atoms with Crippen molar-refractivity contribution in [2.24, 2.45) is 0 Å². The van der Waals surface area contributed by atoms with Gasteiger partial charge in [0.1, 0.15) is 17.1 Å². The topological polar surface area (TPSA) is 128 Å². The summed E-state index contributed by atoms with van der Waals surface area (Å²) in [6.45, 7) is 1.84. The third-order valence-corrected chi connectivity index (χ3v) is 6.93. The fourth-order valence-corrected chi connectivity index (χ4v) is 4.93. The van der Waals surface area contributed by atoms with E-state index in [9.17, 15) is 19.0 Å². The molecule has 0 fully saturated rings. The molecular weight excluding hydrogens is 459 g/mol. The number of nitrogens with one attached hydrogen (secondary N) is 1. The average Bonchev–Trinajstić information content (AvgIpc) is 3.24. The van der Waals surface area contributed by atoms with E-state index in [1.807, 2.05) is 24.3 Å². The van der Waals surface area contributed by atoms with Crippen LogP contribution in [0.25, 0.3) is 11.2 Å². The summed E-state index contributed by atoms with van der Waals surface area (Å²) in [5.41, 5.74) is 0.356. The van der Waals surface area contributed by atoms with Gasteiger partial charge in [0.05, 0.1) is 26.4 Å². The number of benzene rings is 1. The molecule has 2 aromatic heterocycles. The molecule has 0 spiro atoms. The molecule has 11 heteroatoms. The molecule has 0 radical (unpaired) electrons. The first-order valence-electron chi connectivity index (χ1n) is 11.0.